The quantitative estimate of drug-likeness (QED) is 0.504. The van der Waals surface area contributed by atoms with Crippen LogP contribution in [0.2, 0.25) is 0 Å². The third-order valence-electron chi connectivity index (χ3n) is 3.92. The van der Waals surface area contributed by atoms with Crippen LogP contribution in [0.15, 0.2) is 70.5 Å². The van der Waals surface area contributed by atoms with Gasteiger partial charge in [0.2, 0.25) is 5.89 Å². The Morgan fingerprint density at radius 3 is 2.63 bits per heavy atom. The second-order valence-corrected chi connectivity index (χ2v) is 7.15. The molecule has 0 saturated carbocycles. The van der Waals surface area contributed by atoms with Crippen molar-refractivity contribution in [2.24, 2.45) is 0 Å². The number of benzene rings is 2. The smallest absolute Gasteiger partial charge is 0.267 e. The number of rotatable bonds is 4. The number of oxazole rings is 1. The fraction of sp³-hybridized carbons (Fsp3) is 0.0500. The lowest BCUT2D eigenvalue weighted by atomic mass is 10.1. The lowest BCUT2D eigenvalue weighted by Crippen LogP contribution is -2.38. The molecule has 2 heterocycles. The summed E-state index contributed by atoms with van der Waals surface area (Å²) >= 11 is 6.55. The van der Waals surface area contributed by atoms with Gasteiger partial charge in [0.25, 0.3) is 5.91 Å². The molecular weight excluding hydrogens is 378 g/mol. The summed E-state index contributed by atoms with van der Waals surface area (Å²) < 4.78 is 5.78. The molecule has 4 aromatic rings. The number of aromatic nitrogens is 1. The molecule has 5 nitrogen and oxygen atoms in total. The van der Waals surface area contributed by atoms with Crippen LogP contribution < -0.4 is 10.6 Å². The van der Waals surface area contributed by atoms with Crippen molar-refractivity contribution in [2.75, 3.05) is 0 Å². The number of nitrogens with one attached hydrogen (secondary N) is 2. The van der Waals surface area contributed by atoms with Gasteiger partial charge >= 0.3 is 0 Å². The maximum atomic E-state index is 12.0. The van der Waals surface area contributed by atoms with E-state index in [0.29, 0.717) is 22.4 Å². The first kappa shape index (κ1) is 17.4. The first-order valence-electron chi connectivity index (χ1n) is 8.26. The number of para-hydroxylation sites is 2. The van der Waals surface area contributed by atoms with Gasteiger partial charge < -0.3 is 9.73 Å². The minimum atomic E-state index is -0.200. The fourth-order valence-electron chi connectivity index (χ4n) is 2.56. The van der Waals surface area contributed by atoms with Crippen molar-refractivity contribution >= 4 is 45.7 Å². The molecular formula is C20H15N3O2S2. The number of hydrogen-bond donors (Lipinski definition) is 2. The van der Waals surface area contributed by atoms with Crippen molar-refractivity contribution in [1.29, 1.82) is 0 Å². The largest absolute Gasteiger partial charge is 0.436 e. The predicted molar refractivity (Wildman–Crippen MR) is 111 cm³/mol. The number of nitrogens with zero attached hydrogens (tertiary/aromatic N) is 1. The van der Waals surface area contributed by atoms with E-state index in [2.05, 4.69) is 15.6 Å². The van der Waals surface area contributed by atoms with E-state index in [0.717, 1.165) is 22.2 Å². The average Bonchev–Trinajstić information content (AvgIpc) is 3.36. The van der Waals surface area contributed by atoms with Gasteiger partial charge in [-0.1, -0.05) is 30.3 Å². The summed E-state index contributed by atoms with van der Waals surface area (Å²) in [7, 11) is 0. The first-order chi connectivity index (χ1) is 13.2. The third-order valence-corrected chi connectivity index (χ3v) is 5.03. The molecule has 27 heavy (non-hydrogen) atoms. The van der Waals surface area contributed by atoms with Gasteiger partial charge in [0.15, 0.2) is 10.7 Å². The third kappa shape index (κ3) is 4.05. The Labute approximate surface area is 165 Å². The Balaban J connectivity index is 1.36. The second kappa shape index (κ2) is 7.69. The predicted octanol–water partition coefficient (Wildman–Crippen LogP) is 4.36. The Bertz CT molecular complexity index is 1050. The van der Waals surface area contributed by atoms with Crippen LogP contribution in [0.25, 0.3) is 22.6 Å². The van der Waals surface area contributed by atoms with E-state index in [1.165, 1.54) is 11.3 Å². The minimum Gasteiger partial charge on any atom is -0.436 e. The van der Waals surface area contributed by atoms with Crippen LogP contribution in [0.5, 0.6) is 0 Å². The van der Waals surface area contributed by atoms with Gasteiger partial charge in [0.05, 0.1) is 4.88 Å². The van der Waals surface area contributed by atoms with Crippen LogP contribution in [-0.2, 0) is 6.54 Å². The number of hydrogen-bond acceptors (Lipinski definition) is 5. The number of thiophene rings is 1. The van der Waals surface area contributed by atoms with Crippen LogP contribution in [0.4, 0.5) is 0 Å². The summed E-state index contributed by atoms with van der Waals surface area (Å²) in [5.41, 5.74) is 3.54. The van der Waals surface area contributed by atoms with Gasteiger partial charge in [-0.25, -0.2) is 4.98 Å². The molecule has 0 bridgehead atoms. The molecule has 2 N–H and O–H groups in total. The van der Waals surface area contributed by atoms with Crippen molar-refractivity contribution < 1.29 is 9.21 Å². The maximum absolute atomic E-state index is 12.0. The van der Waals surface area contributed by atoms with E-state index in [4.69, 9.17) is 16.6 Å². The fourth-order valence-corrected chi connectivity index (χ4v) is 3.34. The summed E-state index contributed by atoms with van der Waals surface area (Å²) in [6.07, 6.45) is 0. The zero-order valence-electron chi connectivity index (χ0n) is 14.1. The second-order valence-electron chi connectivity index (χ2n) is 5.80. The molecule has 1 amide bonds. The molecule has 0 aliphatic rings. The molecule has 0 aliphatic heterocycles. The van der Waals surface area contributed by atoms with E-state index in [9.17, 15) is 4.79 Å². The highest BCUT2D eigenvalue weighted by Gasteiger charge is 2.09. The standard InChI is InChI=1S/C20H15N3O2S2/c24-18(17-6-3-11-27-17)23-20(26)21-12-13-7-9-14(10-8-13)19-22-15-4-1-2-5-16(15)25-19/h1-11H,12H2,(H2,21,23,24,26). The molecule has 0 fully saturated rings. The Morgan fingerprint density at radius 1 is 1.07 bits per heavy atom. The first-order valence-corrected chi connectivity index (χ1v) is 9.55. The van der Waals surface area contributed by atoms with Crippen molar-refractivity contribution in [3.05, 3.63) is 76.5 Å². The maximum Gasteiger partial charge on any atom is 0.267 e. The van der Waals surface area contributed by atoms with Crippen molar-refractivity contribution in [3.63, 3.8) is 0 Å². The molecule has 134 valence electrons. The molecule has 0 spiro atoms. The molecule has 2 aromatic heterocycles. The lowest BCUT2D eigenvalue weighted by molar-refractivity contribution is 0.0980. The van der Waals surface area contributed by atoms with E-state index in [1.807, 2.05) is 60.0 Å². The van der Waals surface area contributed by atoms with Gasteiger partial charge in [-0.2, -0.15) is 0 Å². The SMILES string of the molecule is O=C(NC(=S)NCc1ccc(-c2nc3ccccc3o2)cc1)c1cccs1. The van der Waals surface area contributed by atoms with Gasteiger partial charge in [-0.15, -0.1) is 11.3 Å². The van der Waals surface area contributed by atoms with Gasteiger partial charge in [-0.3, -0.25) is 10.1 Å². The highest BCUT2D eigenvalue weighted by molar-refractivity contribution is 7.80. The highest BCUT2D eigenvalue weighted by atomic mass is 32.1. The number of amides is 1. The van der Waals surface area contributed by atoms with Crippen LogP contribution in [0.1, 0.15) is 15.2 Å². The molecule has 0 atom stereocenters. The van der Waals surface area contributed by atoms with Crippen molar-refractivity contribution in [3.8, 4) is 11.5 Å². The average molecular weight is 393 g/mol. The van der Waals surface area contributed by atoms with Gasteiger partial charge in [-0.05, 0) is 53.5 Å². The van der Waals surface area contributed by atoms with E-state index < -0.39 is 0 Å². The van der Waals surface area contributed by atoms with E-state index in [-0.39, 0.29) is 5.91 Å². The molecule has 0 saturated heterocycles. The van der Waals surface area contributed by atoms with Crippen LogP contribution >= 0.6 is 23.6 Å². The topological polar surface area (TPSA) is 67.2 Å². The minimum absolute atomic E-state index is 0.200. The summed E-state index contributed by atoms with van der Waals surface area (Å²) in [4.78, 5) is 17.1. The Kier molecular flexibility index (Phi) is 4.95. The molecule has 4 rings (SSSR count). The van der Waals surface area contributed by atoms with Crippen LogP contribution in [0.3, 0.4) is 0 Å². The zero-order chi connectivity index (χ0) is 18.6. The van der Waals surface area contributed by atoms with Crippen molar-refractivity contribution in [2.45, 2.75) is 6.54 Å². The molecule has 0 radical (unpaired) electrons. The summed E-state index contributed by atoms with van der Waals surface area (Å²) in [6, 6.07) is 19.1. The molecule has 7 heteroatoms. The summed E-state index contributed by atoms with van der Waals surface area (Å²) in [5, 5.41) is 7.86. The van der Waals surface area contributed by atoms with Crippen LogP contribution in [-0.4, -0.2) is 16.0 Å². The zero-order valence-corrected chi connectivity index (χ0v) is 15.8. The molecule has 0 aliphatic carbocycles. The number of fused-ring (bicyclic) bond motifs is 1. The van der Waals surface area contributed by atoms with Crippen molar-refractivity contribution in [1.82, 2.24) is 15.6 Å². The number of carbonyl (C=O) groups excluding carboxylic acids is 1. The van der Waals surface area contributed by atoms with Gasteiger partial charge in [0.1, 0.15) is 5.52 Å². The van der Waals surface area contributed by atoms with E-state index in [1.54, 1.807) is 6.07 Å². The highest BCUT2D eigenvalue weighted by Crippen LogP contribution is 2.24. The number of carbonyl (C=O) groups is 1. The monoisotopic (exact) mass is 393 g/mol. The number of thiocarbonyl (C=S) groups is 1. The molecule has 2 aromatic carbocycles. The summed E-state index contributed by atoms with van der Waals surface area (Å²) in [6.45, 7) is 0.511. The lowest BCUT2D eigenvalue weighted by Gasteiger charge is -2.09. The normalized spacial score (nSPS) is 10.7. The Morgan fingerprint density at radius 2 is 1.89 bits per heavy atom. The Hall–Kier alpha value is -3.03. The molecule has 0 unspecified atom stereocenters. The van der Waals surface area contributed by atoms with E-state index >= 15 is 0 Å². The summed E-state index contributed by atoms with van der Waals surface area (Å²) in [5.74, 6) is 0.392. The van der Waals surface area contributed by atoms with Crippen LogP contribution in [0, 0.1) is 0 Å². The van der Waals surface area contributed by atoms with Gasteiger partial charge in [0, 0.05) is 12.1 Å².